The third kappa shape index (κ3) is 3.46. The maximum absolute atomic E-state index is 11.0. The van der Waals surface area contributed by atoms with E-state index in [1.54, 1.807) is 11.6 Å². The number of fused-ring (bicyclic) bond motifs is 1. The molecule has 116 valence electrons. The Kier molecular flexibility index (Phi) is 4.21. The van der Waals surface area contributed by atoms with E-state index in [0.29, 0.717) is 0 Å². The Morgan fingerprint density at radius 1 is 1.30 bits per heavy atom. The molecule has 23 heavy (non-hydrogen) atoms. The molecule has 5 nitrogen and oxygen atoms in total. The highest BCUT2D eigenvalue weighted by molar-refractivity contribution is 5.91. The number of nitrogens with one attached hydrogen (secondary N) is 1. The van der Waals surface area contributed by atoms with Gasteiger partial charge in [-0.25, -0.2) is 5.48 Å². The summed E-state index contributed by atoms with van der Waals surface area (Å²) in [5, 5.41) is 14.1. The maximum Gasteiger partial charge on any atom is 0.267 e. The molecule has 2 aromatic carbocycles. The normalized spacial score (nSPS) is 11.2. The van der Waals surface area contributed by atoms with E-state index in [1.807, 2.05) is 41.2 Å². The highest BCUT2D eigenvalue weighted by atomic mass is 16.5. The zero-order valence-corrected chi connectivity index (χ0v) is 12.7. The molecule has 1 heterocycles. The summed E-state index contributed by atoms with van der Waals surface area (Å²) in [6.45, 7) is 2.81. The molecule has 3 rings (SSSR count). The Morgan fingerprint density at radius 2 is 2.13 bits per heavy atom. The van der Waals surface area contributed by atoms with E-state index in [9.17, 15) is 4.79 Å². The summed E-state index contributed by atoms with van der Waals surface area (Å²) in [7, 11) is 0. The Hall–Kier alpha value is -2.92. The van der Waals surface area contributed by atoms with Gasteiger partial charge in [-0.2, -0.15) is 5.10 Å². The van der Waals surface area contributed by atoms with Crippen molar-refractivity contribution < 1.29 is 10.0 Å². The average molecular weight is 307 g/mol. The van der Waals surface area contributed by atoms with Gasteiger partial charge in [-0.1, -0.05) is 30.3 Å². The summed E-state index contributed by atoms with van der Waals surface area (Å²) in [5.41, 5.74) is 5.82. The average Bonchev–Trinajstić information content (AvgIpc) is 2.96. The largest absolute Gasteiger partial charge is 0.288 e. The smallest absolute Gasteiger partial charge is 0.267 e. The highest BCUT2D eigenvalue weighted by Gasteiger charge is 2.04. The number of hydrogen-bond acceptors (Lipinski definition) is 3. The SMILES string of the molecule is Cc1ccccc1Cn1cc2cc(/C=C/C(=O)NO)ccc2n1. The van der Waals surface area contributed by atoms with Crippen molar-refractivity contribution in [1.82, 2.24) is 15.3 Å². The van der Waals surface area contributed by atoms with Crippen molar-refractivity contribution in [2.75, 3.05) is 0 Å². The van der Waals surface area contributed by atoms with Crippen LogP contribution in [0.25, 0.3) is 17.0 Å². The van der Waals surface area contributed by atoms with Gasteiger partial charge in [-0.15, -0.1) is 0 Å². The predicted octanol–water partition coefficient (Wildman–Crippen LogP) is 2.91. The molecule has 5 heteroatoms. The molecule has 1 amide bonds. The van der Waals surface area contributed by atoms with Crippen molar-refractivity contribution in [3.05, 3.63) is 71.4 Å². The number of aryl methyl sites for hydroxylation is 1. The van der Waals surface area contributed by atoms with Gasteiger partial charge >= 0.3 is 0 Å². The van der Waals surface area contributed by atoms with E-state index in [-0.39, 0.29) is 0 Å². The van der Waals surface area contributed by atoms with Crippen molar-refractivity contribution in [3.8, 4) is 0 Å². The van der Waals surface area contributed by atoms with Crippen molar-refractivity contribution in [1.29, 1.82) is 0 Å². The van der Waals surface area contributed by atoms with Crippen molar-refractivity contribution in [3.63, 3.8) is 0 Å². The number of carbonyl (C=O) groups excluding carboxylic acids is 1. The fourth-order valence-corrected chi connectivity index (χ4v) is 2.45. The molecule has 0 aliphatic heterocycles. The summed E-state index contributed by atoms with van der Waals surface area (Å²) >= 11 is 0. The standard InChI is InChI=1S/C18H17N3O2/c1-13-4-2-3-5-15(13)11-21-12-16-10-14(6-8-17(16)19-21)7-9-18(22)20-23/h2-10,12,23H,11H2,1H3,(H,20,22)/b9-7+. The number of benzene rings is 2. The second kappa shape index (κ2) is 6.46. The van der Waals surface area contributed by atoms with Crippen molar-refractivity contribution >= 4 is 22.9 Å². The first kappa shape index (κ1) is 15.0. The number of carbonyl (C=O) groups is 1. The van der Waals surface area contributed by atoms with Crippen LogP contribution in [-0.2, 0) is 11.3 Å². The van der Waals surface area contributed by atoms with Gasteiger partial charge in [0, 0.05) is 17.7 Å². The molecule has 3 aromatic rings. The maximum atomic E-state index is 11.0. The van der Waals surface area contributed by atoms with Gasteiger partial charge in [-0.3, -0.25) is 14.7 Å². The third-order valence-corrected chi connectivity index (χ3v) is 3.71. The van der Waals surface area contributed by atoms with Crippen LogP contribution in [0.5, 0.6) is 0 Å². The van der Waals surface area contributed by atoms with Crippen LogP contribution in [0.2, 0.25) is 0 Å². The molecular formula is C18H17N3O2. The van der Waals surface area contributed by atoms with Crippen LogP contribution in [0.1, 0.15) is 16.7 Å². The van der Waals surface area contributed by atoms with E-state index in [2.05, 4.69) is 24.2 Å². The zero-order chi connectivity index (χ0) is 16.2. The fraction of sp³-hybridized carbons (Fsp3) is 0.111. The minimum Gasteiger partial charge on any atom is -0.288 e. The van der Waals surface area contributed by atoms with Crippen LogP contribution in [0.15, 0.2) is 54.7 Å². The van der Waals surface area contributed by atoms with Crippen LogP contribution >= 0.6 is 0 Å². The fourth-order valence-electron chi connectivity index (χ4n) is 2.45. The Morgan fingerprint density at radius 3 is 2.91 bits per heavy atom. The van der Waals surface area contributed by atoms with Gasteiger partial charge in [0.2, 0.25) is 0 Å². The topological polar surface area (TPSA) is 67.2 Å². The number of nitrogens with zero attached hydrogens (tertiary/aromatic N) is 2. The van der Waals surface area contributed by atoms with Crippen LogP contribution in [0.4, 0.5) is 0 Å². The number of hydrogen-bond donors (Lipinski definition) is 2. The van der Waals surface area contributed by atoms with Gasteiger partial charge in [0.25, 0.3) is 5.91 Å². The van der Waals surface area contributed by atoms with Gasteiger partial charge in [-0.05, 0) is 41.8 Å². The Bertz CT molecular complexity index is 881. The monoisotopic (exact) mass is 307 g/mol. The summed E-state index contributed by atoms with van der Waals surface area (Å²) in [5.74, 6) is -0.555. The number of amides is 1. The zero-order valence-electron chi connectivity index (χ0n) is 12.7. The van der Waals surface area contributed by atoms with E-state index < -0.39 is 5.91 Å². The lowest BCUT2D eigenvalue weighted by atomic mass is 10.1. The highest BCUT2D eigenvalue weighted by Crippen LogP contribution is 2.17. The molecule has 2 N–H and O–H groups in total. The quantitative estimate of drug-likeness (QED) is 0.442. The molecule has 0 saturated heterocycles. The van der Waals surface area contributed by atoms with Gasteiger partial charge in [0.15, 0.2) is 0 Å². The second-order valence-electron chi connectivity index (χ2n) is 5.38. The molecule has 0 atom stereocenters. The van der Waals surface area contributed by atoms with E-state index in [0.717, 1.165) is 23.0 Å². The summed E-state index contributed by atoms with van der Waals surface area (Å²) in [6, 6.07) is 14.0. The Labute approximate surface area is 133 Å². The van der Waals surface area contributed by atoms with Crippen LogP contribution < -0.4 is 5.48 Å². The number of rotatable bonds is 4. The number of aromatic nitrogens is 2. The molecule has 0 bridgehead atoms. The molecule has 0 unspecified atom stereocenters. The molecule has 0 radical (unpaired) electrons. The van der Waals surface area contributed by atoms with Crippen LogP contribution in [-0.4, -0.2) is 20.9 Å². The lowest BCUT2D eigenvalue weighted by Gasteiger charge is -2.04. The molecule has 0 aliphatic rings. The molecule has 1 aromatic heterocycles. The van der Waals surface area contributed by atoms with Crippen molar-refractivity contribution in [2.24, 2.45) is 0 Å². The first-order valence-electron chi connectivity index (χ1n) is 7.29. The molecule has 0 spiro atoms. The first-order chi connectivity index (χ1) is 11.2. The van der Waals surface area contributed by atoms with Gasteiger partial charge < -0.3 is 0 Å². The van der Waals surface area contributed by atoms with Gasteiger partial charge in [0.05, 0.1) is 12.1 Å². The van der Waals surface area contributed by atoms with E-state index in [4.69, 9.17) is 5.21 Å². The molecule has 0 fully saturated rings. The van der Waals surface area contributed by atoms with E-state index >= 15 is 0 Å². The molecule has 0 saturated carbocycles. The van der Waals surface area contributed by atoms with Crippen LogP contribution in [0.3, 0.4) is 0 Å². The summed E-state index contributed by atoms with van der Waals surface area (Å²) in [4.78, 5) is 11.0. The van der Waals surface area contributed by atoms with E-state index in [1.165, 1.54) is 17.2 Å². The third-order valence-electron chi connectivity index (χ3n) is 3.71. The minimum atomic E-state index is -0.555. The summed E-state index contributed by atoms with van der Waals surface area (Å²) in [6.07, 6.45) is 4.91. The predicted molar refractivity (Wildman–Crippen MR) is 89.0 cm³/mol. The number of hydroxylamine groups is 1. The first-order valence-corrected chi connectivity index (χ1v) is 7.29. The van der Waals surface area contributed by atoms with Gasteiger partial charge in [0.1, 0.15) is 0 Å². The molecular weight excluding hydrogens is 290 g/mol. The lowest BCUT2D eigenvalue weighted by Crippen LogP contribution is -2.14. The Balaban J connectivity index is 1.86. The molecule has 0 aliphatic carbocycles. The summed E-state index contributed by atoms with van der Waals surface area (Å²) < 4.78 is 1.92. The second-order valence-corrected chi connectivity index (χ2v) is 5.38. The minimum absolute atomic E-state index is 0.555. The van der Waals surface area contributed by atoms with Crippen LogP contribution in [0, 0.1) is 6.92 Å². The van der Waals surface area contributed by atoms with Crippen molar-refractivity contribution in [2.45, 2.75) is 13.5 Å². The lowest BCUT2D eigenvalue weighted by molar-refractivity contribution is -0.124.